The van der Waals surface area contributed by atoms with Crippen LogP contribution in [0.25, 0.3) is 0 Å². The summed E-state index contributed by atoms with van der Waals surface area (Å²) >= 11 is 0. The molecule has 0 spiro atoms. The Hall–Kier alpha value is -2.14. The van der Waals surface area contributed by atoms with E-state index >= 15 is 0 Å². The molecule has 5 nitrogen and oxygen atoms in total. The number of aliphatic hydroxyl groups is 1. The van der Waals surface area contributed by atoms with Gasteiger partial charge < -0.3 is 14.6 Å². The van der Waals surface area contributed by atoms with Crippen molar-refractivity contribution in [3.8, 4) is 0 Å². The Morgan fingerprint density at radius 1 is 0.533 bits per heavy atom. The Kier molecular flexibility index (Phi) is 34.6. The number of hydrogen-bond acceptors (Lipinski definition) is 5. The first-order valence-electron chi connectivity index (χ1n) is 18.7. The molecule has 1 N–H and O–H groups in total. The summed E-state index contributed by atoms with van der Waals surface area (Å²) in [7, 11) is 0. The maximum atomic E-state index is 12.1. The van der Waals surface area contributed by atoms with E-state index in [9.17, 15) is 14.7 Å². The molecule has 0 saturated carbocycles. The Morgan fingerprint density at radius 3 is 1.49 bits per heavy atom. The average molecular weight is 631 g/mol. The van der Waals surface area contributed by atoms with Gasteiger partial charge in [0.05, 0.1) is 6.61 Å². The van der Waals surface area contributed by atoms with E-state index in [4.69, 9.17) is 9.47 Å². The Labute approximate surface area is 278 Å². The zero-order valence-corrected chi connectivity index (χ0v) is 29.4. The van der Waals surface area contributed by atoms with Gasteiger partial charge in [0.1, 0.15) is 6.61 Å². The molecule has 0 aliphatic heterocycles. The number of aliphatic hydroxyl groups excluding tert-OH is 1. The van der Waals surface area contributed by atoms with Gasteiger partial charge in [-0.25, -0.2) is 0 Å². The normalized spacial score (nSPS) is 12.7. The van der Waals surface area contributed by atoms with Crippen molar-refractivity contribution in [2.45, 2.75) is 180 Å². The van der Waals surface area contributed by atoms with Crippen LogP contribution in [-0.2, 0) is 19.1 Å². The fourth-order valence-corrected chi connectivity index (χ4v) is 5.03. The number of unbranched alkanes of at least 4 members (excludes halogenated alkanes) is 17. The molecule has 260 valence electrons. The van der Waals surface area contributed by atoms with Gasteiger partial charge in [-0.2, -0.15) is 0 Å². The highest BCUT2D eigenvalue weighted by atomic mass is 16.6. The molecule has 0 heterocycles. The molecule has 0 aromatic carbocycles. The lowest BCUT2D eigenvalue weighted by Gasteiger charge is -2.15. The van der Waals surface area contributed by atoms with Gasteiger partial charge in [0.2, 0.25) is 0 Å². The van der Waals surface area contributed by atoms with Gasteiger partial charge in [-0.05, 0) is 70.6 Å². The molecule has 0 aromatic rings. The summed E-state index contributed by atoms with van der Waals surface area (Å²) < 4.78 is 10.6. The van der Waals surface area contributed by atoms with Gasteiger partial charge in [-0.1, -0.05) is 140 Å². The van der Waals surface area contributed by atoms with E-state index in [1.165, 1.54) is 83.5 Å². The molecule has 1 unspecified atom stereocenters. The van der Waals surface area contributed by atoms with Gasteiger partial charge in [-0.3, -0.25) is 9.59 Å². The standard InChI is InChI=1S/C40H70O5/c1-3-5-7-9-11-13-15-17-18-19-20-21-23-24-26-28-30-32-34-39(42)44-37-38(36-41)45-40(43)35-33-31-29-27-25-22-16-14-12-10-8-6-4-2/h6,8,12,14,18-19,22,25,38,41H,3-5,7,9-11,13,15-17,20-21,23-24,26-37H2,1-2H3/b8-6-,14-12-,19-18-,25-22-. The molecular formula is C40H70O5. The van der Waals surface area contributed by atoms with Gasteiger partial charge >= 0.3 is 11.9 Å². The molecule has 0 fully saturated rings. The van der Waals surface area contributed by atoms with Gasteiger partial charge in [0.25, 0.3) is 0 Å². The van der Waals surface area contributed by atoms with Crippen LogP contribution in [0.5, 0.6) is 0 Å². The molecule has 0 saturated heterocycles. The number of ether oxygens (including phenoxy) is 2. The Balaban J connectivity index is 3.60. The van der Waals surface area contributed by atoms with Crippen LogP contribution in [0.2, 0.25) is 0 Å². The van der Waals surface area contributed by atoms with E-state index < -0.39 is 6.10 Å². The van der Waals surface area contributed by atoms with Crippen molar-refractivity contribution in [1.82, 2.24) is 0 Å². The largest absolute Gasteiger partial charge is 0.462 e. The van der Waals surface area contributed by atoms with Gasteiger partial charge in [0.15, 0.2) is 6.10 Å². The average Bonchev–Trinajstić information content (AvgIpc) is 3.04. The number of carbonyl (C=O) groups excluding carboxylic acids is 2. The minimum Gasteiger partial charge on any atom is -0.462 e. The van der Waals surface area contributed by atoms with Crippen molar-refractivity contribution in [2.75, 3.05) is 13.2 Å². The van der Waals surface area contributed by atoms with Crippen molar-refractivity contribution in [3.05, 3.63) is 48.6 Å². The molecule has 5 heteroatoms. The van der Waals surface area contributed by atoms with Crippen LogP contribution < -0.4 is 0 Å². The zero-order valence-electron chi connectivity index (χ0n) is 29.4. The first-order chi connectivity index (χ1) is 22.1. The molecule has 0 bridgehead atoms. The fraction of sp³-hybridized carbons (Fsp3) is 0.750. The minimum atomic E-state index is -0.787. The van der Waals surface area contributed by atoms with Gasteiger partial charge in [-0.15, -0.1) is 0 Å². The summed E-state index contributed by atoms with van der Waals surface area (Å²) in [6, 6.07) is 0. The van der Waals surface area contributed by atoms with Crippen LogP contribution in [0.3, 0.4) is 0 Å². The number of allylic oxidation sites excluding steroid dienone is 8. The highest BCUT2D eigenvalue weighted by Crippen LogP contribution is 2.12. The molecule has 0 aromatic heterocycles. The number of carbonyl (C=O) groups is 2. The van der Waals surface area contributed by atoms with E-state index in [1.54, 1.807) is 0 Å². The first-order valence-corrected chi connectivity index (χ1v) is 18.7. The molecule has 1 atom stereocenters. The van der Waals surface area contributed by atoms with Crippen LogP contribution in [0.1, 0.15) is 174 Å². The molecule has 45 heavy (non-hydrogen) atoms. The molecule has 0 radical (unpaired) electrons. The summed E-state index contributed by atoms with van der Waals surface area (Å²) in [5.41, 5.74) is 0. The lowest BCUT2D eigenvalue weighted by Crippen LogP contribution is -2.28. The second-order valence-corrected chi connectivity index (χ2v) is 12.3. The Morgan fingerprint density at radius 2 is 0.956 bits per heavy atom. The van der Waals surface area contributed by atoms with E-state index in [-0.39, 0.29) is 25.2 Å². The van der Waals surface area contributed by atoms with Crippen molar-refractivity contribution >= 4 is 11.9 Å². The third-order valence-corrected chi connectivity index (χ3v) is 7.86. The topological polar surface area (TPSA) is 72.8 Å². The lowest BCUT2D eigenvalue weighted by molar-refractivity contribution is -0.161. The maximum absolute atomic E-state index is 12.1. The van der Waals surface area contributed by atoms with Crippen LogP contribution >= 0.6 is 0 Å². The number of hydrogen-bond donors (Lipinski definition) is 1. The third kappa shape index (κ3) is 34.6. The molecule has 0 amide bonds. The summed E-state index contributed by atoms with van der Waals surface area (Å²) in [5.74, 6) is -0.632. The summed E-state index contributed by atoms with van der Waals surface area (Å²) in [4.78, 5) is 24.2. The summed E-state index contributed by atoms with van der Waals surface area (Å²) in [6.07, 6.45) is 44.6. The third-order valence-electron chi connectivity index (χ3n) is 7.86. The molecular weight excluding hydrogens is 560 g/mol. The maximum Gasteiger partial charge on any atom is 0.306 e. The van der Waals surface area contributed by atoms with E-state index in [2.05, 4.69) is 62.5 Å². The predicted molar refractivity (Wildman–Crippen MR) is 191 cm³/mol. The summed E-state index contributed by atoms with van der Waals surface area (Å²) in [5, 5.41) is 9.52. The number of esters is 2. The fourth-order valence-electron chi connectivity index (χ4n) is 5.03. The lowest BCUT2D eigenvalue weighted by atomic mass is 10.1. The highest BCUT2D eigenvalue weighted by Gasteiger charge is 2.16. The van der Waals surface area contributed by atoms with E-state index in [0.717, 1.165) is 64.2 Å². The van der Waals surface area contributed by atoms with Crippen LogP contribution in [0.15, 0.2) is 48.6 Å². The Bertz CT molecular complexity index is 767. The second kappa shape index (κ2) is 36.3. The molecule has 0 aliphatic carbocycles. The van der Waals surface area contributed by atoms with Crippen LogP contribution in [0, 0.1) is 0 Å². The quantitative estimate of drug-likeness (QED) is 0.0444. The SMILES string of the molecule is CC/C=C\C/C=C\C/C=C\CCCCCC(=O)OC(CO)COC(=O)CCCCCCCCC/C=C\CCCCCCCCC. The smallest absolute Gasteiger partial charge is 0.306 e. The van der Waals surface area contributed by atoms with Crippen LogP contribution in [0.4, 0.5) is 0 Å². The van der Waals surface area contributed by atoms with Crippen molar-refractivity contribution in [3.63, 3.8) is 0 Å². The monoisotopic (exact) mass is 631 g/mol. The molecule has 0 aliphatic rings. The van der Waals surface area contributed by atoms with E-state index in [1.807, 2.05) is 0 Å². The van der Waals surface area contributed by atoms with E-state index in [0.29, 0.717) is 12.8 Å². The van der Waals surface area contributed by atoms with Crippen LogP contribution in [-0.4, -0.2) is 36.4 Å². The first kappa shape index (κ1) is 42.9. The minimum absolute atomic E-state index is 0.0807. The highest BCUT2D eigenvalue weighted by molar-refractivity contribution is 5.70. The predicted octanol–water partition coefficient (Wildman–Crippen LogP) is 11.5. The second-order valence-electron chi connectivity index (χ2n) is 12.3. The summed E-state index contributed by atoms with van der Waals surface area (Å²) in [6.45, 7) is 3.98. The van der Waals surface area contributed by atoms with Crippen molar-refractivity contribution in [2.24, 2.45) is 0 Å². The number of rotatable bonds is 33. The van der Waals surface area contributed by atoms with Crippen molar-refractivity contribution < 1.29 is 24.2 Å². The molecule has 0 rings (SSSR count). The zero-order chi connectivity index (χ0) is 32.9. The van der Waals surface area contributed by atoms with Crippen molar-refractivity contribution in [1.29, 1.82) is 0 Å². The van der Waals surface area contributed by atoms with Gasteiger partial charge in [0, 0.05) is 12.8 Å².